The fraction of sp³-hybridized carbons (Fsp3) is 0.286. The number of rotatable bonds is 3. The third-order valence-electron chi connectivity index (χ3n) is 3.40. The molecule has 2 aromatic rings. The second-order valence-electron chi connectivity index (χ2n) is 4.61. The van der Waals surface area contributed by atoms with Crippen LogP contribution in [0.4, 0.5) is 5.82 Å². The van der Waals surface area contributed by atoms with E-state index in [-0.39, 0.29) is 18.0 Å². The van der Waals surface area contributed by atoms with Crippen LogP contribution in [0.1, 0.15) is 5.56 Å². The lowest BCUT2D eigenvalue weighted by molar-refractivity contribution is 0.311. The summed E-state index contributed by atoms with van der Waals surface area (Å²) in [6.07, 6.45) is 0.832. The molecule has 1 aliphatic rings. The van der Waals surface area contributed by atoms with Crippen molar-refractivity contribution in [3.63, 3.8) is 0 Å². The molecule has 0 spiro atoms. The van der Waals surface area contributed by atoms with E-state index < -0.39 is 0 Å². The second kappa shape index (κ2) is 5.38. The number of fused-ring (bicyclic) bond motifs is 3. The maximum atomic E-state index is 12.4. The van der Waals surface area contributed by atoms with Crippen LogP contribution in [0.5, 0.6) is 0 Å². The largest absolute Gasteiger partial charge is 0.395 e. The number of anilines is 1. The molecule has 0 atom stereocenters. The van der Waals surface area contributed by atoms with Crippen LogP contribution in [0.25, 0.3) is 11.3 Å². The first-order valence-corrected chi connectivity index (χ1v) is 7.25. The van der Waals surface area contributed by atoms with E-state index in [0.29, 0.717) is 17.7 Å². The maximum Gasteiger partial charge on any atom is 0.293 e. The molecule has 3 rings (SSSR count). The highest BCUT2D eigenvalue weighted by atomic mass is 79.9. The van der Waals surface area contributed by atoms with Gasteiger partial charge in [-0.3, -0.25) is 4.79 Å². The fourth-order valence-electron chi connectivity index (χ4n) is 2.50. The topological polar surface area (TPSA) is 67.2 Å². The van der Waals surface area contributed by atoms with Gasteiger partial charge in [0.05, 0.1) is 12.3 Å². The molecule has 104 valence electrons. The number of hydrogen-bond acceptors (Lipinski definition) is 4. The van der Waals surface area contributed by atoms with Crippen molar-refractivity contribution in [3.05, 3.63) is 44.8 Å². The zero-order valence-corrected chi connectivity index (χ0v) is 12.4. The zero-order chi connectivity index (χ0) is 14.1. The van der Waals surface area contributed by atoms with Gasteiger partial charge in [-0.05, 0) is 27.9 Å². The molecule has 0 aliphatic carbocycles. The standard InChI is InChI=1S/C14H14BrN3O2/c15-12-11-10-4-2-1-3-9(10)5-7-18(11)14(20)13(17-12)16-6-8-19/h1-4,19H,5-8H2,(H,16,17). The molecule has 0 saturated heterocycles. The highest BCUT2D eigenvalue weighted by Gasteiger charge is 2.22. The predicted molar refractivity (Wildman–Crippen MR) is 80.9 cm³/mol. The van der Waals surface area contributed by atoms with Crippen molar-refractivity contribution in [1.29, 1.82) is 0 Å². The molecule has 0 fully saturated rings. The lowest BCUT2D eigenvalue weighted by atomic mass is 9.98. The number of halogens is 1. The Bertz CT molecular complexity index is 712. The summed E-state index contributed by atoms with van der Waals surface area (Å²) in [6, 6.07) is 8.05. The van der Waals surface area contributed by atoms with Gasteiger partial charge in [0.1, 0.15) is 4.60 Å². The molecule has 20 heavy (non-hydrogen) atoms. The van der Waals surface area contributed by atoms with Gasteiger partial charge in [-0.1, -0.05) is 24.3 Å². The molecule has 6 heteroatoms. The van der Waals surface area contributed by atoms with Gasteiger partial charge in [0.15, 0.2) is 5.82 Å². The molecule has 2 N–H and O–H groups in total. The fourth-order valence-corrected chi connectivity index (χ4v) is 3.11. The molecule has 5 nitrogen and oxygen atoms in total. The SMILES string of the molecule is O=c1c(NCCO)nc(Br)c2n1CCc1ccccc1-2. The molecule has 2 heterocycles. The number of hydrogen-bond donors (Lipinski definition) is 2. The molecule has 1 aromatic carbocycles. The Morgan fingerprint density at radius 3 is 3.00 bits per heavy atom. The third kappa shape index (κ3) is 2.14. The van der Waals surface area contributed by atoms with Crippen molar-refractivity contribution in [1.82, 2.24) is 9.55 Å². The summed E-state index contributed by atoms with van der Waals surface area (Å²) >= 11 is 3.46. The van der Waals surface area contributed by atoms with E-state index in [4.69, 9.17) is 5.11 Å². The Morgan fingerprint density at radius 2 is 2.20 bits per heavy atom. The predicted octanol–water partition coefficient (Wildman–Crippen LogP) is 1.63. The second-order valence-corrected chi connectivity index (χ2v) is 5.37. The van der Waals surface area contributed by atoms with Gasteiger partial charge in [0.25, 0.3) is 5.56 Å². The lowest BCUT2D eigenvalue weighted by Crippen LogP contribution is -2.30. The quantitative estimate of drug-likeness (QED) is 0.894. The number of nitrogens with zero attached hydrogens (tertiary/aromatic N) is 2. The minimum Gasteiger partial charge on any atom is -0.395 e. The van der Waals surface area contributed by atoms with Gasteiger partial charge in [-0.15, -0.1) is 0 Å². The molecule has 0 saturated carbocycles. The van der Waals surface area contributed by atoms with Crippen molar-refractivity contribution < 1.29 is 5.11 Å². The molecule has 1 aromatic heterocycles. The van der Waals surface area contributed by atoms with E-state index >= 15 is 0 Å². The molecule has 0 amide bonds. The summed E-state index contributed by atoms with van der Waals surface area (Å²) in [5, 5.41) is 11.7. The summed E-state index contributed by atoms with van der Waals surface area (Å²) < 4.78 is 2.38. The van der Waals surface area contributed by atoms with Crippen molar-refractivity contribution in [2.24, 2.45) is 0 Å². The van der Waals surface area contributed by atoms with Gasteiger partial charge >= 0.3 is 0 Å². The molecule has 0 bridgehead atoms. The number of aliphatic hydroxyl groups excluding tert-OH is 1. The number of nitrogens with one attached hydrogen (secondary N) is 1. The first kappa shape index (κ1) is 13.3. The van der Waals surface area contributed by atoms with Crippen molar-refractivity contribution >= 4 is 21.7 Å². The van der Waals surface area contributed by atoms with E-state index in [2.05, 4.69) is 32.3 Å². The van der Waals surface area contributed by atoms with Crippen LogP contribution in [0.3, 0.4) is 0 Å². The minimum absolute atomic E-state index is 0.0384. The Labute approximate surface area is 124 Å². The monoisotopic (exact) mass is 335 g/mol. The normalized spacial score (nSPS) is 12.7. The van der Waals surface area contributed by atoms with Crippen molar-refractivity contribution in [3.8, 4) is 11.3 Å². The van der Waals surface area contributed by atoms with Crippen LogP contribution in [0, 0.1) is 0 Å². The molecule has 1 aliphatic heterocycles. The number of aromatic nitrogens is 2. The van der Waals surface area contributed by atoms with Crippen LogP contribution in [-0.2, 0) is 13.0 Å². The maximum absolute atomic E-state index is 12.4. The Kier molecular flexibility index (Phi) is 3.58. The first-order chi connectivity index (χ1) is 9.72. The first-order valence-electron chi connectivity index (χ1n) is 6.45. The van der Waals surface area contributed by atoms with Crippen LogP contribution >= 0.6 is 15.9 Å². The van der Waals surface area contributed by atoms with Gasteiger partial charge in [-0.2, -0.15) is 0 Å². The molecule has 0 radical (unpaired) electrons. The summed E-state index contributed by atoms with van der Waals surface area (Å²) in [5.74, 6) is 0.272. The van der Waals surface area contributed by atoms with E-state index in [1.165, 1.54) is 5.56 Å². The number of aryl methyl sites for hydroxylation is 1. The molecule has 0 unspecified atom stereocenters. The molecular weight excluding hydrogens is 322 g/mol. The zero-order valence-electron chi connectivity index (χ0n) is 10.8. The smallest absolute Gasteiger partial charge is 0.293 e. The highest BCUT2D eigenvalue weighted by molar-refractivity contribution is 9.10. The summed E-state index contributed by atoms with van der Waals surface area (Å²) in [6.45, 7) is 0.911. The van der Waals surface area contributed by atoms with E-state index in [0.717, 1.165) is 17.7 Å². The number of benzene rings is 1. The van der Waals surface area contributed by atoms with Crippen LogP contribution in [0.15, 0.2) is 33.7 Å². The van der Waals surface area contributed by atoms with Crippen LogP contribution in [0.2, 0.25) is 0 Å². The summed E-state index contributed by atoms with van der Waals surface area (Å²) in [4.78, 5) is 16.7. The van der Waals surface area contributed by atoms with E-state index in [1.54, 1.807) is 4.57 Å². The highest BCUT2D eigenvalue weighted by Crippen LogP contribution is 2.32. The summed E-state index contributed by atoms with van der Waals surface area (Å²) in [5.41, 5.74) is 2.95. The van der Waals surface area contributed by atoms with Gasteiger partial charge in [-0.25, -0.2) is 4.98 Å². The van der Waals surface area contributed by atoms with Gasteiger partial charge in [0.2, 0.25) is 0 Å². The number of aliphatic hydroxyl groups is 1. The Hall–Kier alpha value is -1.66. The average molecular weight is 336 g/mol. The van der Waals surface area contributed by atoms with E-state index in [9.17, 15) is 4.79 Å². The van der Waals surface area contributed by atoms with Gasteiger partial charge < -0.3 is 15.0 Å². The van der Waals surface area contributed by atoms with Gasteiger partial charge in [0, 0.05) is 18.7 Å². The van der Waals surface area contributed by atoms with Crippen molar-refractivity contribution in [2.45, 2.75) is 13.0 Å². The Morgan fingerprint density at radius 1 is 1.40 bits per heavy atom. The summed E-state index contributed by atoms with van der Waals surface area (Å²) in [7, 11) is 0. The third-order valence-corrected chi connectivity index (χ3v) is 3.96. The molecular formula is C14H14BrN3O2. The van der Waals surface area contributed by atoms with E-state index in [1.807, 2.05) is 18.2 Å². The van der Waals surface area contributed by atoms with Crippen LogP contribution < -0.4 is 10.9 Å². The average Bonchev–Trinajstić information content (AvgIpc) is 2.48. The minimum atomic E-state index is -0.147. The van der Waals surface area contributed by atoms with Crippen molar-refractivity contribution in [2.75, 3.05) is 18.5 Å². The lowest BCUT2D eigenvalue weighted by Gasteiger charge is -2.23. The van der Waals surface area contributed by atoms with Crippen LogP contribution in [-0.4, -0.2) is 27.8 Å². The Balaban J connectivity index is 2.17.